The molecule has 0 bridgehead atoms. The Labute approximate surface area is 395 Å². The third-order valence-electron chi connectivity index (χ3n) is 14.5. The van der Waals surface area contributed by atoms with Gasteiger partial charge in [0.2, 0.25) is 0 Å². The Morgan fingerprint density at radius 1 is 0.294 bits per heavy atom. The molecule has 1 heterocycles. The number of nitrogens with zero attached hydrogens (tertiary/aromatic N) is 3. The summed E-state index contributed by atoms with van der Waals surface area (Å²) in [4.78, 5) is 4.92. The molecule has 14 rings (SSSR count). The Kier molecular flexibility index (Phi) is 8.50. The van der Waals surface area contributed by atoms with E-state index in [1.165, 1.54) is 77.1 Å². The minimum absolute atomic E-state index is 0.583. The van der Waals surface area contributed by atoms with E-state index in [2.05, 4.69) is 275 Å². The number of fused-ring (bicyclic) bond motifs is 15. The Morgan fingerprint density at radius 3 is 1.47 bits per heavy atom. The summed E-state index contributed by atoms with van der Waals surface area (Å²) >= 11 is 0. The molecule has 3 heteroatoms. The number of anilines is 6. The van der Waals surface area contributed by atoms with Crippen molar-refractivity contribution in [3.63, 3.8) is 0 Å². The van der Waals surface area contributed by atoms with Gasteiger partial charge in [-0.2, -0.15) is 0 Å². The van der Waals surface area contributed by atoms with Crippen LogP contribution >= 0.6 is 0 Å². The zero-order valence-corrected chi connectivity index (χ0v) is 37.2. The van der Waals surface area contributed by atoms with E-state index in [0.717, 1.165) is 39.8 Å². The van der Waals surface area contributed by atoms with Crippen LogP contribution in [0, 0.1) is 0 Å². The molecule has 1 atom stereocenters. The van der Waals surface area contributed by atoms with E-state index in [-0.39, 0.29) is 0 Å². The quantitative estimate of drug-likeness (QED) is 0.158. The van der Waals surface area contributed by atoms with Gasteiger partial charge in [-0.15, -0.1) is 0 Å². The van der Waals surface area contributed by atoms with Gasteiger partial charge in [-0.25, -0.2) is 0 Å². The maximum atomic E-state index is 2.50. The largest absolute Gasteiger partial charge is 0.310 e. The molecule has 2 aliphatic rings. The molecular weight excluding hydrogens is 823 g/mol. The van der Waals surface area contributed by atoms with Crippen LogP contribution in [-0.2, 0) is 5.41 Å². The molecule has 2 aliphatic carbocycles. The van der Waals surface area contributed by atoms with E-state index in [0.29, 0.717) is 0 Å². The van der Waals surface area contributed by atoms with Gasteiger partial charge in [0.15, 0.2) is 0 Å². The second-order valence-corrected chi connectivity index (χ2v) is 18.0. The Bertz CT molecular complexity index is 3870. The van der Waals surface area contributed by atoms with Crippen molar-refractivity contribution in [3.8, 4) is 27.9 Å². The highest BCUT2D eigenvalue weighted by atomic mass is 15.2. The molecule has 0 aliphatic heterocycles. The molecule has 11 aromatic carbocycles. The standard InChI is InChI=1S/C65H43N3/c1-5-22-44(23-6-1)66(45-24-7-2-8-25-45)61-39-21-37-58-63(61)53-34-16-19-36-57(53)65(58)56-35-18-15-30-49(56)55-43-62(50-31-13-14-33-52(50)64(55)65)67(46-26-9-3-10-27-46)48-40-41-60-54(42-48)51-32-17-20-38-59(51)68(60)47-28-11-4-12-29-47/h1-43H. The van der Waals surface area contributed by atoms with Gasteiger partial charge in [0.1, 0.15) is 0 Å². The van der Waals surface area contributed by atoms with E-state index in [4.69, 9.17) is 0 Å². The molecule has 3 nitrogen and oxygen atoms in total. The number of para-hydroxylation sites is 5. The first-order valence-corrected chi connectivity index (χ1v) is 23.5. The lowest BCUT2D eigenvalue weighted by atomic mass is 9.69. The normalized spacial score (nSPS) is 14.2. The smallest absolute Gasteiger partial charge is 0.0732 e. The van der Waals surface area contributed by atoms with Crippen LogP contribution in [0.1, 0.15) is 22.3 Å². The topological polar surface area (TPSA) is 11.4 Å². The van der Waals surface area contributed by atoms with Gasteiger partial charge in [-0.1, -0.05) is 176 Å². The summed E-state index contributed by atoms with van der Waals surface area (Å²) in [5, 5.41) is 4.89. The molecular formula is C65H43N3. The van der Waals surface area contributed by atoms with Crippen LogP contribution in [-0.4, -0.2) is 4.57 Å². The molecule has 0 N–H and O–H groups in total. The van der Waals surface area contributed by atoms with Gasteiger partial charge in [0, 0.05) is 50.2 Å². The monoisotopic (exact) mass is 865 g/mol. The fraction of sp³-hybridized carbons (Fsp3) is 0.0154. The SMILES string of the molecule is c1ccc(N(c2ccccc2)c2cccc3c2-c2ccccc2C32c3ccccc3-c3cc(N(c4ccccc4)c4ccc5c(c4)c4ccccc4n5-c4ccccc4)c4ccccc4c32)cc1. The second kappa shape index (κ2) is 15.1. The van der Waals surface area contributed by atoms with Crippen LogP contribution in [0.5, 0.6) is 0 Å². The predicted molar refractivity (Wildman–Crippen MR) is 284 cm³/mol. The summed E-state index contributed by atoms with van der Waals surface area (Å²) in [5.74, 6) is 0. The van der Waals surface area contributed by atoms with E-state index >= 15 is 0 Å². The Balaban J connectivity index is 1.05. The fourth-order valence-corrected chi connectivity index (χ4v) is 11.9. The molecule has 0 radical (unpaired) electrons. The van der Waals surface area contributed by atoms with Crippen LogP contribution in [0.2, 0.25) is 0 Å². The van der Waals surface area contributed by atoms with Gasteiger partial charge in [0.25, 0.3) is 0 Å². The molecule has 68 heavy (non-hydrogen) atoms. The molecule has 1 unspecified atom stereocenters. The zero-order valence-electron chi connectivity index (χ0n) is 37.2. The van der Waals surface area contributed by atoms with Crippen molar-refractivity contribution >= 4 is 66.7 Å². The first kappa shape index (κ1) is 38.4. The molecule has 0 fully saturated rings. The summed E-state index contributed by atoms with van der Waals surface area (Å²) in [6.07, 6.45) is 0. The fourth-order valence-electron chi connectivity index (χ4n) is 11.9. The summed E-state index contributed by atoms with van der Waals surface area (Å²) in [5.41, 5.74) is 20.0. The van der Waals surface area contributed by atoms with Gasteiger partial charge >= 0.3 is 0 Å². The Morgan fingerprint density at radius 2 is 0.794 bits per heavy atom. The van der Waals surface area contributed by atoms with Crippen molar-refractivity contribution in [2.24, 2.45) is 0 Å². The summed E-state index contributed by atoms with van der Waals surface area (Å²) < 4.78 is 2.39. The lowest BCUT2D eigenvalue weighted by Crippen LogP contribution is -2.26. The van der Waals surface area contributed by atoms with Crippen molar-refractivity contribution in [3.05, 3.63) is 283 Å². The summed E-state index contributed by atoms with van der Waals surface area (Å²) in [6.45, 7) is 0. The van der Waals surface area contributed by atoms with Crippen molar-refractivity contribution in [1.82, 2.24) is 4.57 Å². The lowest BCUT2D eigenvalue weighted by Gasteiger charge is -2.33. The average molecular weight is 866 g/mol. The number of benzene rings is 11. The maximum absolute atomic E-state index is 2.50. The van der Waals surface area contributed by atoms with Crippen LogP contribution in [0.4, 0.5) is 34.1 Å². The summed E-state index contributed by atoms with van der Waals surface area (Å²) in [7, 11) is 0. The average Bonchev–Trinajstić information content (AvgIpc) is 4.02. The molecule has 1 aromatic heterocycles. The Hall–Kier alpha value is -8.92. The number of hydrogen-bond acceptors (Lipinski definition) is 2. The van der Waals surface area contributed by atoms with Crippen LogP contribution in [0.3, 0.4) is 0 Å². The van der Waals surface area contributed by atoms with E-state index in [1.807, 2.05) is 0 Å². The number of aromatic nitrogens is 1. The highest BCUT2D eigenvalue weighted by Crippen LogP contribution is 2.66. The first-order chi connectivity index (χ1) is 33.8. The molecule has 0 saturated heterocycles. The van der Waals surface area contributed by atoms with Gasteiger partial charge < -0.3 is 14.4 Å². The van der Waals surface area contributed by atoms with Gasteiger partial charge in [-0.05, 0) is 129 Å². The van der Waals surface area contributed by atoms with Crippen molar-refractivity contribution in [1.29, 1.82) is 0 Å². The van der Waals surface area contributed by atoms with Crippen molar-refractivity contribution in [2.45, 2.75) is 5.41 Å². The highest BCUT2D eigenvalue weighted by molar-refractivity contribution is 6.14. The van der Waals surface area contributed by atoms with Crippen LogP contribution in [0.25, 0.3) is 60.5 Å². The molecule has 318 valence electrons. The van der Waals surface area contributed by atoms with Gasteiger partial charge in [-0.3, -0.25) is 0 Å². The van der Waals surface area contributed by atoms with Crippen LogP contribution < -0.4 is 9.80 Å². The second-order valence-electron chi connectivity index (χ2n) is 18.0. The van der Waals surface area contributed by atoms with Crippen molar-refractivity contribution in [2.75, 3.05) is 9.80 Å². The lowest BCUT2D eigenvalue weighted by molar-refractivity contribution is 0.801. The zero-order chi connectivity index (χ0) is 44.8. The van der Waals surface area contributed by atoms with E-state index in [1.54, 1.807) is 0 Å². The number of rotatable bonds is 7. The van der Waals surface area contributed by atoms with E-state index in [9.17, 15) is 0 Å². The van der Waals surface area contributed by atoms with Crippen LogP contribution in [0.15, 0.2) is 261 Å². The minimum atomic E-state index is -0.583. The minimum Gasteiger partial charge on any atom is -0.310 e. The molecule has 0 saturated carbocycles. The summed E-state index contributed by atoms with van der Waals surface area (Å²) in [6, 6.07) is 96.0. The molecule has 1 spiro atoms. The predicted octanol–water partition coefficient (Wildman–Crippen LogP) is 17.2. The maximum Gasteiger partial charge on any atom is 0.0732 e. The third-order valence-corrected chi connectivity index (χ3v) is 14.5. The molecule has 0 amide bonds. The first-order valence-electron chi connectivity index (χ1n) is 23.5. The third kappa shape index (κ3) is 5.41. The molecule has 12 aromatic rings. The van der Waals surface area contributed by atoms with Crippen molar-refractivity contribution < 1.29 is 0 Å². The highest BCUT2D eigenvalue weighted by Gasteiger charge is 2.53. The number of hydrogen-bond donors (Lipinski definition) is 0. The van der Waals surface area contributed by atoms with Gasteiger partial charge in [0.05, 0.1) is 27.8 Å². The van der Waals surface area contributed by atoms with E-state index < -0.39 is 5.41 Å².